The molecule has 43 heavy (non-hydrogen) atoms. The van der Waals surface area contributed by atoms with Gasteiger partial charge < -0.3 is 36.3 Å². The van der Waals surface area contributed by atoms with Crippen LogP contribution in [0, 0.1) is 0 Å². The minimum absolute atomic E-state index is 0.0640. The number of rotatable bonds is 10. The summed E-state index contributed by atoms with van der Waals surface area (Å²) in [6, 6.07) is 7.50. The van der Waals surface area contributed by atoms with Gasteiger partial charge in [-0.3, -0.25) is 14.5 Å². The Morgan fingerprint density at radius 2 is 1.93 bits per heavy atom. The topological polar surface area (TPSA) is 229 Å². The van der Waals surface area contributed by atoms with Crippen LogP contribution >= 0.6 is 23.1 Å². The summed E-state index contributed by atoms with van der Waals surface area (Å²) in [7, 11) is 0. The predicted octanol–water partition coefficient (Wildman–Crippen LogP) is 0.409. The van der Waals surface area contributed by atoms with E-state index in [1.807, 2.05) is 6.07 Å². The standard InChI is InChI=1S/C26H22N6O9S2/c27-26-28-14(11-43-26)17(30-41-20(25(39)40)12-4-5-15(33)16(34)8-12)21(35)29-18-22(36)32-19(24(37)38)13(10-42-23(18)32)9-31-6-2-1-3-7-31/h1-8,11,18,20,23H,9-10H2,(H6-,27,28,29,30,33,34,35,37,38,39,40)/p+1/t18-,20+,23-/m1/s1. The van der Waals surface area contributed by atoms with Gasteiger partial charge in [0.1, 0.15) is 22.8 Å². The van der Waals surface area contributed by atoms with Crippen LogP contribution in [0.2, 0.25) is 0 Å². The number of hydrogen-bond donors (Lipinski definition) is 6. The highest BCUT2D eigenvalue weighted by atomic mass is 32.2. The molecular formula is C26H23N6O9S2+. The van der Waals surface area contributed by atoms with E-state index in [1.165, 1.54) is 23.2 Å². The van der Waals surface area contributed by atoms with Crippen molar-refractivity contribution in [2.75, 3.05) is 11.5 Å². The summed E-state index contributed by atoms with van der Waals surface area (Å²) < 4.78 is 1.79. The monoisotopic (exact) mass is 627 g/mol. The van der Waals surface area contributed by atoms with Crippen molar-refractivity contribution < 1.29 is 49.0 Å². The van der Waals surface area contributed by atoms with Gasteiger partial charge in [0.25, 0.3) is 11.8 Å². The fraction of sp³-hybridized carbons (Fsp3) is 0.192. The van der Waals surface area contributed by atoms with Crippen LogP contribution in [0.1, 0.15) is 17.4 Å². The van der Waals surface area contributed by atoms with Crippen LogP contribution in [0.15, 0.2) is 70.6 Å². The van der Waals surface area contributed by atoms with Gasteiger partial charge in [-0.05, 0) is 12.1 Å². The number of carboxylic acid groups (broad SMARTS) is 2. The molecule has 7 N–H and O–H groups in total. The molecule has 17 heteroatoms. The first-order valence-corrected chi connectivity index (χ1v) is 14.3. The number of oxime groups is 1. The summed E-state index contributed by atoms with van der Waals surface area (Å²) in [5.41, 5.74) is 5.43. The first kappa shape index (κ1) is 29.3. The van der Waals surface area contributed by atoms with Crippen LogP contribution < -0.4 is 15.6 Å². The normalized spacial score (nSPS) is 18.8. The predicted molar refractivity (Wildman–Crippen MR) is 151 cm³/mol. The number of carbonyl (C=O) groups is 4. The molecule has 2 aromatic heterocycles. The Bertz CT molecular complexity index is 1680. The molecule has 15 nitrogen and oxygen atoms in total. The molecule has 0 saturated carbocycles. The Kier molecular flexibility index (Phi) is 8.18. The van der Waals surface area contributed by atoms with Gasteiger partial charge in [-0.15, -0.1) is 23.1 Å². The number of carboxylic acids is 2. The van der Waals surface area contributed by atoms with Crippen molar-refractivity contribution in [3.8, 4) is 11.5 Å². The molecule has 2 aliphatic heterocycles. The van der Waals surface area contributed by atoms with Crippen LogP contribution in [-0.2, 0) is 30.6 Å². The summed E-state index contributed by atoms with van der Waals surface area (Å²) >= 11 is 2.25. The lowest BCUT2D eigenvalue weighted by Gasteiger charge is -2.49. The Morgan fingerprint density at radius 3 is 2.56 bits per heavy atom. The van der Waals surface area contributed by atoms with Crippen molar-refractivity contribution in [1.29, 1.82) is 0 Å². The maximum Gasteiger partial charge on any atom is 0.352 e. The zero-order valence-corrected chi connectivity index (χ0v) is 23.5. The summed E-state index contributed by atoms with van der Waals surface area (Å²) in [6.45, 7) is 0.256. The van der Waals surface area contributed by atoms with Gasteiger partial charge in [-0.2, -0.15) is 0 Å². The van der Waals surface area contributed by atoms with Crippen molar-refractivity contribution >= 4 is 57.7 Å². The lowest BCUT2D eigenvalue weighted by atomic mass is 10.0. The molecule has 4 heterocycles. The van der Waals surface area contributed by atoms with E-state index in [9.17, 15) is 39.6 Å². The molecule has 1 aromatic carbocycles. The summed E-state index contributed by atoms with van der Waals surface area (Å²) in [5, 5.41) is 45.9. The molecule has 5 rings (SSSR count). The van der Waals surface area contributed by atoms with E-state index in [0.717, 1.165) is 28.4 Å². The van der Waals surface area contributed by atoms with Gasteiger partial charge in [0, 0.05) is 34.4 Å². The van der Waals surface area contributed by atoms with Crippen molar-refractivity contribution in [3.63, 3.8) is 0 Å². The number of amides is 2. The van der Waals surface area contributed by atoms with E-state index in [4.69, 9.17) is 10.6 Å². The largest absolute Gasteiger partial charge is 0.504 e. The number of nitrogens with two attached hydrogens (primary N) is 1. The van der Waals surface area contributed by atoms with Gasteiger partial charge in [-0.25, -0.2) is 19.1 Å². The van der Waals surface area contributed by atoms with Crippen molar-refractivity contribution in [3.05, 3.63) is 76.7 Å². The SMILES string of the molecule is Nc1nc(C(=NO[C@H](C(=O)O)c2ccc(O)c(O)c2)C(=O)N[C@@H]2C(=O)N3C(C(=O)O)=C(C[n+]4ccccc4)CS[C@H]23)cs1. The number of aromatic hydroxyl groups is 2. The molecule has 3 aromatic rings. The number of aromatic nitrogens is 2. The van der Waals surface area contributed by atoms with Gasteiger partial charge >= 0.3 is 11.9 Å². The summed E-state index contributed by atoms with van der Waals surface area (Å²) in [6.07, 6.45) is 1.75. The minimum atomic E-state index is -1.80. The number of thioether (sulfide) groups is 1. The maximum absolute atomic E-state index is 13.4. The Hall–Kier alpha value is -5.16. The van der Waals surface area contributed by atoms with E-state index in [1.54, 1.807) is 29.1 Å². The van der Waals surface area contributed by atoms with E-state index < -0.39 is 58.5 Å². The lowest BCUT2D eigenvalue weighted by molar-refractivity contribution is -0.689. The quantitative estimate of drug-likeness (QED) is 0.0590. The first-order chi connectivity index (χ1) is 20.5. The molecule has 3 atom stereocenters. The van der Waals surface area contributed by atoms with Crippen LogP contribution in [-0.4, -0.2) is 76.9 Å². The average molecular weight is 628 g/mol. The van der Waals surface area contributed by atoms with Crippen molar-refractivity contribution in [1.82, 2.24) is 15.2 Å². The van der Waals surface area contributed by atoms with E-state index in [2.05, 4.69) is 15.5 Å². The van der Waals surface area contributed by atoms with Gasteiger partial charge in [-0.1, -0.05) is 17.3 Å². The van der Waals surface area contributed by atoms with Crippen LogP contribution in [0.3, 0.4) is 0 Å². The second-order valence-electron chi connectivity index (χ2n) is 9.25. The molecule has 222 valence electrons. The number of anilines is 1. The van der Waals surface area contributed by atoms with Gasteiger partial charge in [0.2, 0.25) is 6.10 Å². The second-order valence-corrected chi connectivity index (χ2v) is 11.2. The number of fused-ring (bicyclic) bond motifs is 1. The number of carbonyl (C=O) groups excluding carboxylic acids is 2. The number of nitrogens with one attached hydrogen (secondary N) is 1. The number of β-lactam (4-membered cyclic amide) rings is 1. The summed E-state index contributed by atoms with van der Waals surface area (Å²) in [4.78, 5) is 61.0. The first-order valence-electron chi connectivity index (χ1n) is 12.4. The highest BCUT2D eigenvalue weighted by Crippen LogP contribution is 2.40. The molecule has 2 aliphatic rings. The fourth-order valence-corrected chi connectivity index (χ4v) is 6.32. The summed E-state index contributed by atoms with van der Waals surface area (Å²) in [5.74, 6) is -5.19. The highest BCUT2D eigenvalue weighted by Gasteiger charge is 2.54. The number of phenols is 2. The lowest BCUT2D eigenvalue weighted by Crippen LogP contribution is -2.71. The highest BCUT2D eigenvalue weighted by molar-refractivity contribution is 8.00. The molecule has 1 fully saturated rings. The minimum Gasteiger partial charge on any atom is -0.504 e. The molecule has 0 aliphatic carbocycles. The third-order valence-corrected chi connectivity index (χ3v) is 8.46. The van der Waals surface area contributed by atoms with Gasteiger partial charge in [0.15, 0.2) is 41.3 Å². The van der Waals surface area contributed by atoms with Crippen molar-refractivity contribution in [2.24, 2.45) is 5.16 Å². The number of benzene rings is 1. The van der Waals surface area contributed by atoms with Crippen molar-refractivity contribution in [2.45, 2.75) is 24.1 Å². The van der Waals surface area contributed by atoms with Gasteiger partial charge in [0.05, 0.1) is 0 Å². The Balaban J connectivity index is 1.38. The Morgan fingerprint density at radius 1 is 1.19 bits per heavy atom. The number of aliphatic carboxylic acids is 2. The average Bonchev–Trinajstić information content (AvgIpc) is 3.41. The zero-order chi connectivity index (χ0) is 30.8. The zero-order valence-electron chi connectivity index (χ0n) is 21.9. The number of nitrogens with zero attached hydrogens (tertiary/aromatic N) is 4. The van der Waals surface area contributed by atoms with Crippen LogP contribution in [0.4, 0.5) is 5.13 Å². The molecule has 0 spiro atoms. The third kappa shape index (κ3) is 5.93. The fourth-order valence-electron chi connectivity index (χ4n) is 4.43. The number of phenolic OH excluding ortho intramolecular Hbond substituents is 2. The number of hydrogen-bond acceptors (Lipinski definition) is 12. The molecule has 1 saturated heterocycles. The second kappa shape index (κ2) is 12.0. The number of pyridine rings is 1. The van der Waals surface area contributed by atoms with Crippen LogP contribution in [0.25, 0.3) is 0 Å². The Labute approximate surface area is 250 Å². The molecule has 2 amide bonds. The number of thiazole rings is 1. The number of nitrogen functional groups attached to an aromatic ring is 1. The molecular weight excluding hydrogens is 604 g/mol. The maximum atomic E-state index is 13.4. The molecule has 0 bridgehead atoms. The van der Waals surface area contributed by atoms with E-state index >= 15 is 0 Å². The smallest absolute Gasteiger partial charge is 0.352 e. The van der Waals surface area contributed by atoms with E-state index in [-0.39, 0.29) is 34.4 Å². The molecule has 0 unspecified atom stereocenters. The molecule has 0 radical (unpaired) electrons. The third-order valence-electron chi connectivity index (χ3n) is 6.44. The van der Waals surface area contributed by atoms with Crippen LogP contribution in [0.5, 0.6) is 11.5 Å². The van der Waals surface area contributed by atoms with E-state index in [0.29, 0.717) is 5.57 Å².